The molecule has 78 valence electrons. The molecule has 3 nitrogen and oxygen atoms in total. The molecule has 0 bridgehead atoms. The van der Waals surface area contributed by atoms with Crippen LogP contribution in [0.1, 0.15) is 4.88 Å². The summed E-state index contributed by atoms with van der Waals surface area (Å²) in [5, 5.41) is 1.85. The maximum atomic E-state index is 11.3. The second-order valence-electron chi connectivity index (χ2n) is 2.98. The summed E-state index contributed by atoms with van der Waals surface area (Å²) in [7, 11) is -3.20. The van der Waals surface area contributed by atoms with E-state index in [1.807, 2.05) is 11.4 Å². The Labute approximate surface area is 95.2 Å². The molecular formula is C8H9BrO3S2. The summed E-state index contributed by atoms with van der Waals surface area (Å²) in [4.78, 5) is 12.2. The number of ketones is 1. The molecule has 0 atom stereocenters. The molecule has 0 amide bonds. The summed E-state index contributed by atoms with van der Waals surface area (Å²) in [5.74, 6) is -0.646. The zero-order chi connectivity index (χ0) is 10.8. The van der Waals surface area contributed by atoms with Crippen molar-refractivity contribution in [3.63, 3.8) is 0 Å². The molecule has 1 aromatic heterocycles. The van der Waals surface area contributed by atoms with Crippen molar-refractivity contribution >= 4 is 42.9 Å². The Morgan fingerprint density at radius 1 is 1.57 bits per heavy atom. The monoisotopic (exact) mass is 296 g/mol. The summed E-state index contributed by atoms with van der Waals surface area (Å²) in [6.45, 7) is 0. The van der Waals surface area contributed by atoms with Gasteiger partial charge in [0.15, 0.2) is 15.6 Å². The van der Waals surface area contributed by atoms with Crippen molar-refractivity contribution in [1.29, 1.82) is 0 Å². The second-order valence-corrected chi connectivity index (χ2v) is 6.97. The first-order chi connectivity index (χ1) is 6.38. The number of carbonyl (C=O) groups is 1. The summed E-state index contributed by atoms with van der Waals surface area (Å²) >= 11 is 4.72. The van der Waals surface area contributed by atoms with Crippen LogP contribution in [-0.2, 0) is 21.1 Å². The van der Waals surface area contributed by atoms with Crippen molar-refractivity contribution in [2.45, 2.75) is 6.42 Å². The summed E-state index contributed by atoms with van der Waals surface area (Å²) in [6.07, 6.45) is 1.25. The van der Waals surface area contributed by atoms with Crippen LogP contribution in [0.5, 0.6) is 0 Å². The number of thiophene rings is 1. The summed E-state index contributed by atoms with van der Waals surface area (Å²) in [6, 6.07) is 1.84. The standard InChI is InChI=1S/C8H9BrO3S2/c1-14(11,12)5-6(10)4-8-7(9)2-3-13-8/h2-3H,4-5H2,1H3. The molecule has 6 heteroatoms. The Kier molecular flexibility index (Phi) is 3.86. The largest absolute Gasteiger partial charge is 0.298 e. The SMILES string of the molecule is CS(=O)(=O)CC(=O)Cc1sccc1Br. The third-order valence-electron chi connectivity index (χ3n) is 1.47. The van der Waals surface area contributed by atoms with Crippen molar-refractivity contribution in [3.8, 4) is 0 Å². The molecule has 1 aromatic rings. The van der Waals surface area contributed by atoms with Crippen LogP contribution in [-0.4, -0.2) is 26.2 Å². The van der Waals surface area contributed by atoms with Crippen molar-refractivity contribution < 1.29 is 13.2 Å². The van der Waals surface area contributed by atoms with E-state index in [1.165, 1.54) is 11.3 Å². The van der Waals surface area contributed by atoms with Crippen LogP contribution in [0.4, 0.5) is 0 Å². The van der Waals surface area contributed by atoms with E-state index in [9.17, 15) is 13.2 Å². The fraction of sp³-hybridized carbons (Fsp3) is 0.375. The number of sulfone groups is 1. The van der Waals surface area contributed by atoms with Gasteiger partial charge >= 0.3 is 0 Å². The Bertz CT molecular complexity index is 433. The number of rotatable bonds is 4. The minimum atomic E-state index is -3.20. The third kappa shape index (κ3) is 3.89. The Morgan fingerprint density at radius 3 is 2.64 bits per heavy atom. The lowest BCUT2D eigenvalue weighted by atomic mass is 10.3. The second kappa shape index (κ2) is 4.55. The average molecular weight is 297 g/mol. The van der Waals surface area contributed by atoms with Gasteiger partial charge in [0.1, 0.15) is 5.75 Å². The highest BCUT2D eigenvalue weighted by Gasteiger charge is 2.13. The predicted molar refractivity (Wildman–Crippen MR) is 60.4 cm³/mol. The van der Waals surface area contributed by atoms with Gasteiger partial charge in [0.2, 0.25) is 0 Å². The maximum Gasteiger partial charge on any atom is 0.154 e. The molecule has 0 aliphatic rings. The molecule has 0 aromatic carbocycles. The van der Waals surface area contributed by atoms with E-state index in [2.05, 4.69) is 15.9 Å². The molecule has 0 radical (unpaired) electrons. The van der Waals surface area contributed by atoms with E-state index in [0.29, 0.717) is 0 Å². The minimum Gasteiger partial charge on any atom is -0.298 e. The maximum absolute atomic E-state index is 11.3. The van der Waals surface area contributed by atoms with Crippen molar-refractivity contribution in [1.82, 2.24) is 0 Å². The fourth-order valence-electron chi connectivity index (χ4n) is 0.974. The van der Waals surface area contributed by atoms with Crippen LogP contribution in [0.25, 0.3) is 0 Å². The summed E-state index contributed by atoms with van der Waals surface area (Å²) < 4.78 is 22.5. The van der Waals surface area contributed by atoms with E-state index < -0.39 is 9.84 Å². The summed E-state index contributed by atoms with van der Waals surface area (Å²) in [5.41, 5.74) is 0. The fourth-order valence-corrected chi connectivity index (χ4v) is 3.18. The molecule has 0 N–H and O–H groups in total. The highest BCUT2D eigenvalue weighted by molar-refractivity contribution is 9.10. The van der Waals surface area contributed by atoms with Crippen LogP contribution < -0.4 is 0 Å². The van der Waals surface area contributed by atoms with Gasteiger partial charge < -0.3 is 0 Å². The van der Waals surface area contributed by atoms with Crippen LogP contribution in [0.2, 0.25) is 0 Å². The molecule has 14 heavy (non-hydrogen) atoms. The van der Waals surface area contributed by atoms with Crippen LogP contribution in [0.15, 0.2) is 15.9 Å². The molecule has 0 aliphatic heterocycles. The molecule has 0 spiro atoms. The van der Waals surface area contributed by atoms with Gasteiger partial charge in [-0.3, -0.25) is 4.79 Å². The van der Waals surface area contributed by atoms with E-state index in [4.69, 9.17) is 0 Å². The van der Waals surface area contributed by atoms with Gasteiger partial charge in [-0.05, 0) is 27.4 Å². The first kappa shape index (κ1) is 11.9. The normalized spacial score (nSPS) is 11.6. The molecular weight excluding hydrogens is 288 g/mol. The highest BCUT2D eigenvalue weighted by Crippen LogP contribution is 2.23. The lowest BCUT2D eigenvalue weighted by molar-refractivity contribution is -0.116. The van der Waals surface area contributed by atoms with E-state index in [-0.39, 0.29) is 18.0 Å². The Hall–Kier alpha value is -0.200. The molecule has 0 saturated carbocycles. The van der Waals surface area contributed by atoms with E-state index >= 15 is 0 Å². The topological polar surface area (TPSA) is 51.2 Å². The van der Waals surface area contributed by atoms with Gasteiger partial charge in [0, 0.05) is 22.0 Å². The minimum absolute atomic E-state index is 0.186. The quantitative estimate of drug-likeness (QED) is 0.849. The lowest BCUT2D eigenvalue weighted by Gasteiger charge is -1.97. The number of halogens is 1. The molecule has 0 unspecified atom stereocenters. The first-order valence-corrected chi connectivity index (χ1v) is 7.53. The molecule has 1 rings (SSSR count). The molecule has 0 saturated heterocycles. The van der Waals surface area contributed by atoms with Crippen LogP contribution in [0.3, 0.4) is 0 Å². The van der Waals surface area contributed by atoms with Crippen molar-refractivity contribution in [3.05, 3.63) is 20.8 Å². The van der Waals surface area contributed by atoms with Gasteiger partial charge in [-0.15, -0.1) is 11.3 Å². The first-order valence-electron chi connectivity index (χ1n) is 3.80. The lowest BCUT2D eigenvalue weighted by Crippen LogP contribution is -2.15. The van der Waals surface area contributed by atoms with Gasteiger partial charge in [0.25, 0.3) is 0 Å². The number of Topliss-reactive ketones (excluding diaryl/α,β-unsaturated/α-hetero) is 1. The molecule has 1 heterocycles. The zero-order valence-corrected chi connectivity index (χ0v) is 10.7. The zero-order valence-electron chi connectivity index (χ0n) is 7.49. The van der Waals surface area contributed by atoms with Gasteiger partial charge in [-0.1, -0.05) is 0 Å². The van der Waals surface area contributed by atoms with Gasteiger partial charge in [-0.2, -0.15) is 0 Å². The third-order valence-corrected chi connectivity index (χ3v) is 4.24. The Morgan fingerprint density at radius 2 is 2.21 bits per heavy atom. The van der Waals surface area contributed by atoms with Gasteiger partial charge in [-0.25, -0.2) is 8.42 Å². The number of hydrogen-bond acceptors (Lipinski definition) is 4. The highest BCUT2D eigenvalue weighted by atomic mass is 79.9. The van der Waals surface area contributed by atoms with E-state index in [1.54, 1.807) is 0 Å². The number of carbonyl (C=O) groups excluding carboxylic acids is 1. The predicted octanol–water partition coefficient (Wildman–Crippen LogP) is 1.67. The van der Waals surface area contributed by atoms with Gasteiger partial charge in [0.05, 0.1) is 0 Å². The average Bonchev–Trinajstić information content (AvgIpc) is 2.32. The van der Waals surface area contributed by atoms with Crippen molar-refractivity contribution in [2.24, 2.45) is 0 Å². The van der Waals surface area contributed by atoms with Crippen LogP contribution >= 0.6 is 27.3 Å². The Balaban J connectivity index is 2.63. The molecule has 0 fully saturated rings. The molecule has 0 aliphatic carbocycles. The number of hydrogen-bond donors (Lipinski definition) is 0. The smallest absolute Gasteiger partial charge is 0.154 e. The van der Waals surface area contributed by atoms with Crippen LogP contribution in [0, 0.1) is 0 Å². The van der Waals surface area contributed by atoms with Crippen molar-refractivity contribution in [2.75, 3.05) is 12.0 Å². The van der Waals surface area contributed by atoms with E-state index in [0.717, 1.165) is 15.6 Å².